The number of nitrogens with one attached hydrogen (secondary N) is 2. The Labute approximate surface area is 442 Å². The van der Waals surface area contributed by atoms with Crippen LogP contribution in [0.25, 0.3) is 21.8 Å². The lowest BCUT2D eigenvalue weighted by Crippen LogP contribution is -2.49. The highest BCUT2D eigenvalue weighted by Gasteiger charge is 2.29. The average Bonchev–Trinajstić information content (AvgIpc) is 3.81. The lowest BCUT2D eigenvalue weighted by atomic mass is 10.0. The van der Waals surface area contributed by atoms with Crippen molar-refractivity contribution in [1.29, 1.82) is 0 Å². The third-order valence-corrected chi connectivity index (χ3v) is 11.5. The summed E-state index contributed by atoms with van der Waals surface area (Å²) in [5.74, 6) is -1.20. The van der Waals surface area contributed by atoms with E-state index in [0.29, 0.717) is 32.9 Å². The van der Waals surface area contributed by atoms with Gasteiger partial charge in [-0.25, -0.2) is 19.2 Å². The van der Waals surface area contributed by atoms with Crippen LogP contribution in [0.15, 0.2) is 78.0 Å². The molecule has 1 atom stereocenters. The molecule has 0 aliphatic heterocycles. The van der Waals surface area contributed by atoms with Crippen molar-refractivity contribution in [2.45, 2.75) is 136 Å². The predicted molar refractivity (Wildman–Crippen MR) is 279 cm³/mol. The van der Waals surface area contributed by atoms with Crippen LogP contribution in [-0.2, 0) is 65.2 Å². The van der Waals surface area contributed by atoms with Crippen LogP contribution in [0, 0.1) is 6.92 Å². The van der Waals surface area contributed by atoms with E-state index in [1.807, 2.05) is 6.92 Å². The number of fused-ring (bicyclic) bond motifs is 2. The van der Waals surface area contributed by atoms with Crippen LogP contribution in [0.2, 0.25) is 0 Å². The van der Waals surface area contributed by atoms with Gasteiger partial charge in [-0.2, -0.15) is 8.42 Å². The number of ether oxygens (including phenoxy) is 8. The van der Waals surface area contributed by atoms with Crippen molar-refractivity contribution in [3.63, 3.8) is 0 Å². The summed E-state index contributed by atoms with van der Waals surface area (Å²) in [6, 6.07) is 13.9. The number of aromatic nitrogens is 2. The highest BCUT2D eigenvalue weighted by atomic mass is 32.2. The van der Waals surface area contributed by atoms with Gasteiger partial charge in [-0.15, -0.1) is 0 Å². The molecule has 0 saturated carbocycles. The molecule has 21 nitrogen and oxygen atoms in total. The Morgan fingerprint density at radius 2 is 1.01 bits per heavy atom. The summed E-state index contributed by atoms with van der Waals surface area (Å²) >= 11 is 0. The Hall–Kier alpha value is -7.01. The fourth-order valence-corrected chi connectivity index (χ4v) is 8.05. The maximum atomic E-state index is 14.3. The Kier molecular flexibility index (Phi) is 19.5. The number of carbonyl (C=O) groups is 6. The molecule has 76 heavy (non-hydrogen) atoms. The number of rotatable bonds is 19. The zero-order valence-electron chi connectivity index (χ0n) is 45.4. The average molecular weight is 1080 g/mol. The molecule has 0 aliphatic rings. The maximum absolute atomic E-state index is 14.3. The van der Waals surface area contributed by atoms with Crippen LogP contribution in [0.4, 0.5) is 19.2 Å². The van der Waals surface area contributed by atoms with Crippen molar-refractivity contribution in [2.75, 3.05) is 39.6 Å². The topological polar surface area (TPSA) is 254 Å². The molecular formula is C54H70N4O17S. The Morgan fingerprint density at radius 3 is 1.50 bits per heavy atom. The summed E-state index contributed by atoms with van der Waals surface area (Å²) in [5, 5.41) is 6.32. The molecule has 0 saturated heterocycles. The molecule has 2 aromatic heterocycles. The van der Waals surface area contributed by atoms with E-state index in [2.05, 4.69) is 10.6 Å². The molecule has 3 aromatic carbocycles. The number of nitrogens with zero attached hydrogens (tertiary/aromatic N) is 2. The fourth-order valence-electron chi connectivity index (χ4n) is 7.16. The molecular weight excluding hydrogens is 1010 g/mol. The third-order valence-electron chi connectivity index (χ3n) is 10.2. The van der Waals surface area contributed by atoms with Crippen LogP contribution >= 0.6 is 0 Å². The van der Waals surface area contributed by atoms with E-state index in [0.717, 1.165) is 5.56 Å². The third kappa shape index (κ3) is 18.7. The lowest BCUT2D eigenvalue weighted by molar-refractivity contribution is -0.128. The Balaban J connectivity index is 1.39. The van der Waals surface area contributed by atoms with Crippen LogP contribution in [0.3, 0.4) is 0 Å². The van der Waals surface area contributed by atoms with Crippen molar-refractivity contribution in [2.24, 2.45) is 0 Å². The molecule has 0 aliphatic carbocycles. The lowest BCUT2D eigenvalue weighted by Gasteiger charge is -2.20. The van der Waals surface area contributed by atoms with Gasteiger partial charge in [0.15, 0.2) is 0 Å². The van der Waals surface area contributed by atoms with E-state index in [1.54, 1.807) is 101 Å². The highest BCUT2D eigenvalue weighted by molar-refractivity contribution is 7.86. The van der Waals surface area contributed by atoms with Crippen molar-refractivity contribution in [3.05, 3.63) is 89.7 Å². The van der Waals surface area contributed by atoms with Crippen molar-refractivity contribution in [1.82, 2.24) is 19.8 Å². The Bertz CT molecular complexity index is 3000. The predicted octanol–water partition coefficient (Wildman–Crippen LogP) is 8.92. The Morgan fingerprint density at radius 1 is 0.566 bits per heavy atom. The van der Waals surface area contributed by atoms with Crippen molar-refractivity contribution >= 4 is 68.2 Å². The molecule has 2 amide bonds. The zero-order valence-corrected chi connectivity index (χ0v) is 46.2. The summed E-state index contributed by atoms with van der Waals surface area (Å²) in [6.07, 6.45) is -1.17. The van der Waals surface area contributed by atoms with Crippen LogP contribution in [0.5, 0.6) is 11.5 Å². The van der Waals surface area contributed by atoms with Gasteiger partial charge < -0.3 is 48.5 Å². The quantitative estimate of drug-likeness (QED) is 0.0257. The molecule has 0 fully saturated rings. The first-order valence-electron chi connectivity index (χ1n) is 24.5. The molecule has 0 bridgehead atoms. The fraction of sp³-hybridized carbons (Fsp3) is 0.481. The molecule has 0 unspecified atom stereocenters. The van der Waals surface area contributed by atoms with Gasteiger partial charge in [0.05, 0.1) is 55.4 Å². The van der Waals surface area contributed by atoms with Gasteiger partial charge in [-0.05, 0) is 150 Å². The SMILES string of the molecule is Cc1ccc(S(=O)(=O)OCCOCCOCCNC(=O)[C@H](Cc2cn(C(=O)OC(C)(C)C)c3ccc(OC(=O)OC(C)(C)C)cc23)NC(=O)Cc2cn(C(=O)OC(C)(C)C)c3ccc(OC(=O)OC(C)(C)C)cc23)cc1. The van der Waals surface area contributed by atoms with Gasteiger partial charge in [-0.1, -0.05) is 17.7 Å². The van der Waals surface area contributed by atoms with Crippen LogP contribution < -0.4 is 20.1 Å². The summed E-state index contributed by atoms with van der Waals surface area (Å²) in [5.41, 5.74) is -1.27. The van der Waals surface area contributed by atoms with Gasteiger partial charge >= 0.3 is 24.5 Å². The molecule has 5 aromatic rings. The summed E-state index contributed by atoms with van der Waals surface area (Å²) in [6.45, 7) is 22.0. The van der Waals surface area contributed by atoms with Gasteiger partial charge in [-0.3, -0.25) is 22.9 Å². The normalized spacial score (nSPS) is 12.7. The number of aryl methyl sites for hydroxylation is 1. The molecule has 0 spiro atoms. The molecule has 22 heteroatoms. The van der Waals surface area contributed by atoms with Crippen LogP contribution in [0.1, 0.15) is 99.8 Å². The highest BCUT2D eigenvalue weighted by Crippen LogP contribution is 2.31. The van der Waals surface area contributed by atoms with Gasteiger partial charge in [0.1, 0.15) is 39.9 Å². The molecule has 414 valence electrons. The first-order chi connectivity index (χ1) is 35.3. The van der Waals surface area contributed by atoms with Gasteiger partial charge in [0.2, 0.25) is 11.8 Å². The molecule has 2 heterocycles. The minimum atomic E-state index is -3.96. The number of hydrogen-bond acceptors (Lipinski definition) is 17. The van der Waals surface area contributed by atoms with E-state index in [9.17, 15) is 37.2 Å². The summed E-state index contributed by atoms with van der Waals surface area (Å²) in [4.78, 5) is 81.2. The second kappa shape index (κ2) is 24.8. The van der Waals surface area contributed by atoms with E-state index in [-0.39, 0.29) is 62.4 Å². The summed E-state index contributed by atoms with van der Waals surface area (Å²) < 4.78 is 76.6. The van der Waals surface area contributed by atoms with Gasteiger partial charge in [0.25, 0.3) is 10.1 Å². The molecule has 5 rings (SSSR count). The smallest absolute Gasteiger partial charge is 0.443 e. The monoisotopic (exact) mass is 1080 g/mol. The standard InChI is InChI=1S/C54H70N4O17S/c1-34-14-18-39(19-15-34)76(65,66)69-27-26-68-25-24-67-23-22-55-46(60)42(28-35-32-57(47(61)72-51(2,3)4)43-20-16-37(30-40(35)43)70-49(63)74-53(8,9)10)56-45(59)29-36-33-58(48(62)73-52(5,6)7)44-21-17-38(31-41(36)44)71-50(64)75-54(11,12)13/h14-21,30-33,42H,22-29H2,1-13H3,(H,55,60)(H,56,59)/t42-/m0/s1. The number of benzene rings is 3. The van der Waals surface area contributed by atoms with Crippen molar-refractivity contribution in [3.8, 4) is 11.5 Å². The number of hydrogen-bond donors (Lipinski definition) is 2. The number of carbonyl (C=O) groups excluding carboxylic acids is 6. The maximum Gasteiger partial charge on any atom is 0.514 e. The van der Waals surface area contributed by atoms with E-state index in [4.69, 9.17) is 42.1 Å². The minimum absolute atomic E-state index is 0.00918. The van der Waals surface area contributed by atoms with Crippen molar-refractivity contribution < 1.29 is 79.3 Å². The molecule has 0 radical (unpaired) electrons. The second-order valence-electron chi connectivity index (χ2n) is 21.6. The molecule has 2 N–H and O–H groups in total. The second-order valence-corrected chi connectivity index (χ2v) is 23.2. The minimum Gasteiger partial charge on any atom is -0.443 e. The zero-order chi connectivity index (χ0) is 56.4. The van der Waals surface area contributed by atoms with E-state index < -0.39 is 81.3 Å². The summed E-state index contributed by atoms with van der Waals surface area (Å²) in [7, 11) is -3.96. The first kappa shape index (κ1) is 59.9. The van der Waals surface area contributed by atoms with Crippen LogP contribution in [-0.4, -0.2) is 122 Å². The van der Waals surface area contributed by atoms with E-state index >= 15 is 0 Å². The largest absolute Gasteiger partial charge is 0.514 e. The first-order valence-corrected chi connectivity index (χ1v) is 25.9. The van der Waals surface area contributed by atoms with Gasteiger partial charge in [0, 0.05) is 36.1 Å². The van der Waals surface area contributed by atoms with E-state index in [1.165, 1.54) is 64.0 Å². The number of amides is 2.